The molecule has 1 aromatic rings. The van der Waals surface area contributed by atoms with Crippen molar-refractivity contribution < 1.29 is 19.2 Å². The first-order valence-electron chi connectivity index (χ1n) is 7.94. The minimum absolute atomic E-state index is 0.0259. The van der Waals surface area contributed by atoms with Crippen LogP contribution in [-0.4, -0.2) is 47.9 Å². The highest BCUT2D eigenvalue weighted by Gasteiger charge is 2.31. The topological polar surface area (TPSA) is 102 Å². The van der Waals surface area contributed by atoms with Crippen LogP contribution < -0.4 is 5.32 Å². The summed E-state index contributed by atoms with van der Waals surface area (Å²) < 4.78 is 5.22. The second kappa shape index (κ2) is 6.56. The fraction of sp³-hybridized carbons (Fsp3) is 0.500. The number of carbonyl (C=O) groups excluding carboxylic acids is 2. The summed E-state index contributed by atoms with van der Waals surface area (Å²) in [5, 5.41) is 14.0. The number of rotatable bonds is 4. The van der Waals surface area contributed by atoms with Gasteiger partial charge in [-0.15, -0.1) is 0 Å². The van der Waals surface area contributed by atoms with Gasteiger partial charge in [-0.25, -0.2) is 0 Å². The maximum Gasteiger partial charge on any atom is 0.275 e. The molecule has 0 aromatic heterocycles. The van der Waals surface area contributed by atoms with Gasteiger partial charge in [-0.05, 0) is 25.8 Å². The summed E-state index contributed by atoms with van der Waals surface area (Å²) >= 11 is 0. The number of carbonyl (C=O) groups is 2. The Labute approximate surface area is 138 Å². The maximum atomic E-state index is 12.6. The summed E-state index contributed by atoms with van der Waals surface area (Å²) in [7, 11) is 0. The largest absolute Gasteiger partial charge is 0.378 e. The van der Waals surface area contributed by atoms with Gasteiger partial charge < -0.3 is 15.0 Å². The lowest BCUT2D eigenvalue weighted by Crippen LogP contribution is -2.40. The van der Waals surface area contributed by atoms with Crippen molar-refractivity contribution in [3.8, 4) is 0 Å². The molecular weight excluding hydrogens is 314 g/mol. The van der Waals surface area contributed by atoms with E-state index in [1.807, 2.05) is 0 Å². The minimum Gasteiger partial charge on any atom is -0.378 e. The Morgan fingerprint density at radius 3 is 2.54 bits per heavy atom. The number of nitro benzene ring substituents is 1. The highest BCUT2D eigenvalue weighted by molar-refractivity contribution is 6.00. The molecule has 1 aliphatic carbocycles. The number of morpholine rings is 1. The van der Waals surface area contributed by atoms with Gasteiger partial charge in [-0.2, -0.15) is 0 Å². The molecule has 0 spiro atoms. The summed E-state index contributed by atoms with van der Waals surface area (Å²) in [5.41, 5.74) is 0.728. The Balaban J connectivity index is 1.92. The number of nitrogens with zero attached hydrogens (tertiary/aromatic N) is 2. The quantitative estimate of drug-likeness (QED) is 0.668. The van der Waals surface area contributed by atoms with Crippen LogP contribution in [0.25, 0.3) is 0 Å². The third kappa shape index (κ3) is 3.38. The van der Waals surface area contributed by atoms with E-state index in [4.69, 9.17) is 4.74 Å². The molecule has 1 N–H and O–H groups in total. The van der Waals surface area contributed by atoms with Crippen LogP contribution in [-0.2, 0) is 9.53 Å². The monoisotopic (exact) mass is 333 g/mol. The van der Waals surface area contributed by atoms with Crippen LogP contribution in [0.1, 0.15) is 28.8 Å². The number of nitrogens with one attached hydrogen (secondary N) is 1. The number of benzene rings is 1. The lowest BCUT2D eigenvalue weighted by molar-refractivity contribution is -0.385. The molecule has 8 heteroatoms. The first-order valence-corrected chi connectivity index (χ1v) is 7.94. The van der Waals surface area contributed by atoms with Gasteiger partial charge in [0.25, 0.3) is 11.6 Å². The summed E-state index contributed by atoms with van der Waals surface area (Å²) in [6, 6.07) is 2.81. The standard InChI is InChI=1S/C16H19N3O5/c1-10-13(17-15(20)11-2-3-11)8-12(9-14(10)19(22)23)16(21)18-4-6-24-7-5-18/h8-9,11H,2-7H2,1H3,(H,17,20). The van der Waals surface area contributed by atoms with E-state index >= 15 is 0 Å². The fourth-order valence-electron chi connectivity index (χ4n) is 2.67. The number of hydrogen-bond acceptors (Lipinski definition) is 5. The van der Waals surface area contributed by atoms with Gasteiger partial charge in [0.1, 0.15) is 0 Å². The highest BCUT2D eigenvalue weighted by atomic mass is 16.6. The Bertz CT molecular complexity index is 693. The molecule has 0 atom stereocenters. The molecule has 1 saturated heterocycles. The second-order valence-corrected chi connectivity index (χ2v) is 6.09. The van der Waals surface area contributed by atoms with Crippen LogP contribution >= 0.6 is 0 Å². The van der Waals surface area contributed by atoms with Gasteiger partial charge >= 0.3 is 0 Å². The van der Waals surface area contributed by atoms with Crippen molar-refractivity contribution in [2.45, 2.75) is 19.8 Å². The molecule has 1 heterocycles. The third-order valence-electron chi connectivity index (χ3n) is 4.33. The van der Waals surface area contributed by atoms with Gasteiger partial charge in [-0.1, -0.05) is 0 Å². The van der Waals surface area contributed by atoms with Gasteiger partial charge in [0.05, 0.1) is 29.4 Å². The van der Waals surface area contributed by atoms with E-state index in [0.29, 0.717) is 37.6 Å². The Hall–Kier alpha value is -2.48. The number of anilines is 1. The van der Waals surface area contributed by atoms with Crippen LogP contribution in [0.2, 0.25) is 0 Å². The van der Waals surface area contributed by atoms with E-state index in [9.17, 15) is 19.7 Å². The van der Waals surface area contributed by atoms with Crippen LogP contribution in [0, 0.1) is 23.0 Å². The molecular formula is C16H19N3O5. The molecule has 2 aliphatic rings. The zero-order valence-corrected chi connectivity index (χ0v) is 13.4. The maximum absolute atomic E-state index is 12.6. The zero-order chi connectivity index (χ0) is 17.3. The molecule has 24 heavy (non-hydrogen) atoms. The van der Waals surface area contributed by atoms with Crippen molar-refractivity contribution in [1.29, 1.82) is 0 Å². The number of ether oxygens (including phenoxy) is 1. The first kappa shape index (κ1) is 16.4. The molecule has 3 rings (SSSR count). The van der Waals surface area contributed by atoms with E-state index in [2.05, 4.69) is 5.32 Å². The van der Waals surface area contributed by atoms with Crippen molar-refractivity contribution in [1.82, 2.24) is 4.90 Å². The van der Waals surface area contributed by atoms with Crippen molar-refractivity contribution in [3.05, 3.63) is 33.4 Å². The Kier molecular flexibility index (Phi) is 4.48. The SMILES string of the molecule is Cc1c(NC(=O)C2CC2)cc(C(=O)N2CCOCC2)cc1[N+](=O)[O-]. The average molecular weight is 333 g/mol. The second-order valence-electron chi connectivity index (χ2n) is 6.09. The fourth-order valence-corrected chi connectivity index (χ4v) is 2.67. The molecule has 2 amide bonds. The van der Waals surface area contributed by atoms with Crippen LogP contribution in [0.15, 0.2) is 12.1 Å². The van der Waals surface area contributed by atoms with Gasteiger partial charge in [-0.3, -0.25) is 19.7 Å². The summed E-state index contributed by atoms with van der Waals surface area (Å²) in [6.07, 6.45) is 1.67. The lowest BCUT2D eigenvalue weighted by atomic mass is 10.1. The summed E-state index contributed by atoms with van der Waals surface area (Å²) in [5.74, 6) is -0.464. The van der Waals surface area contributed by atoms with Gasteiger partial charge in [0.15, 0.2) is 0 Å². The van der Waals surface area contributed by atoms with Gasteiger partial charge in [0, 0.05) is 30.6 Å². The van der Waals surface area contributed by atoms with Crippen molar-refractivity contribution in [2.75, 3.05) is 31.6 Å². The molecule has 8 nitrogen and oxygen atoms in total. The Morgan fingerprint density at radius 1 is 1.29 bits per heavy atom. The number of hydrogen-bond donors (Lipinski definition) is 1. The van der Waals surface area contributed by atoms with Crippen LogP contribution in [0.5, 0.6) is 0 Å². The highest BCUT2D eigenvalue weighted by Crippen LogP contribution is 2.33. The van der Waals surface area contributed by atoms with Crippen molar-refractivity contribution in [3.63, 3.8) is 0 Å². The zero-order valence-electron chi connectivity index (χ0n) is 13.4. The smallest absolute Gasteiger partial charge is 0.275 e. The molecule has 2 fully saturated rings. The molecule has 0 bridgehead atoms. The lowest BCUT2D eigenvalue weighted by Gasteiger charge is -2.27. The van der Waals surface area contributed by atoms with E-state index in [-0.39, 0.29) is 29.0 Å². The van der Waals surface area contributed by atoms with Crippen LogP contribution in [0.3, 0.4) is 0 Å². The average Bonchev–Trinajstić information content (AvgIpc) is 3.41. The molecule has 1 saturated carbocycles. The molecule has 0 radical (unpaired) electrons. The minimum atomic E-state index is -0.530. The van der Waals surface area contributed by atoms with E-state index in [1.165, 1.54) is 12.1 Å². The summed E-state index contributed by atoms with van der Waals surface area (Å²) in [6.45, 7) is 3.37. The van der Waals surface area contributed by atoms with E-state index in [1.54, 1.807) is 11.8 Å². The normalized spacial score (nSPS) is 17.5. The van der Waals surface area contributed by atoms with Crippen LogP contribution in [0.4, 0.5) is 11.4 Å². The predicted molar refractivity (Wildman–Crippen MR) is 85.9 cm³/mol. The molecule has 1 aliphatic heterocycles. The van der Waals surface area contributed by atoms with Gasteiger partial charge in [0.2, 0.25) is 5.91 Å². The predicted octanol–water partition coefficient (Wildman–Crippen LogP) is 1.72. The van der Waals surface area contributed by atoms with E-state index < -0.39 is 4.92 Å². The number of amides is 2. The number of nitro groups is 1. The van der Waals surface area contributed by atoms with Crippen molar-refractivity contribution >= 4 is 23.2 Å². The Morgan fingerprint density at radius 2 is 1.96 bits per heavy atom. The van der Waals surface area contributed by atoms with Crippen molar-refractivity contribution in [2.24, 2.45) is 5.92 Å². The molecule has 1 aromatic carbocycles. The molecule has 128 valence electrons. The third-order valence-corrected chi connectivity index (χ3v) is 4.33. The van der Waals surface area contributed by atoms with E-state index in [0.717, 1.165) is 12.8 Å². The first-order chi connectivity index (χ1) is 11.5. The summed E-state index contributed by atoms with van der Waals surface area (Å²) in [4.78, 5) is 37.0. The molecule has 0 unspecified atom stereocenters.